The molecule has 0 saturated carbocycles. The summed E-state index contributed by atoms with van der Waals surface area (Å²) < 4.78 is 0. The van der Waals surface area contributed by atoms with Crippen LogP contribution in [0.3, 0.4) is 0 Å². The minimum absolute atomic E-state index is 0.0775. The molecule has 1 saturated heterocycles. The third-order valence-electron chi connectivity index (χ3n) is 3.02. The Bertz CT molecular complexity index is 440. The monoisotopic (exact) mass is 251 g/mol. The maximum atomic E-state index is 7.71. The van der Waals surface area contributed by atoms with Gasteiger partial charge in [-0.25, -0.2) is 0 Å². The van der Waals surface area contributed by atoms with Crippen molar-refractivity contribution in [1.29, 1.82) is 5.41 Å². The summed E-state index contributed by atoms with van der Waals surface area (Å²) in [6.45, 7) is 5.73. The molecule has 0 aromatic carbocycles. The van der Waals surface area contributed by atoms with Crippen LogP contribution < -0.4 is 10.6 Å². The Balaban J connectivity index is 2.45. The molecule has 0 aliphatic carbocycles. The van der Waals surface area contributed by atoms with Crippen molar-refractivity contribution in [3.63, 3.8) is 0 Å². The van der Waals surface area contributed by atoms with Gasteiger partial charge in [0, 0.05) is 24.6 Å². The maximum Gasteiger partial charge on any atom is 0.162 e. The number of nitrogens with one attached hydrogen (secondary N) is 1. The van der Waals surface area contributed by atoms with Gasteiger partial charge >= 0.3 is 0 Å². The Kier molecular flexibility index (Phi) is 3.51. The summed E-state index contributed by atoms with van der Waals surface area (Å²) in [5.41, 5.74) is 8.21. The van der Waals surface area contributed by atoms with E-state index in [1.165, 1.54) is 0 Å². The third kappa shape index (κ3) is 2.36. The minimum Gasteiger partial charge on any atom is -0.384 e. The molecule has 1 aromatic rings. The lowest BCUT2D eigenvalue weighted by molar-refractivity contribution is 0.807. The molecule has 2 rings (SSSR count). The highest BCUT2D eigenvalue weighted by atomic mass is 32.2. The summed E-state index contributed by atoms with van der Waals surface area (Å²) in [7, 11) is 0. The largest absolute Gasteiger partial charge is 0.384 e. The van der Waals surface area contributed by atoms with Crippen molar-refractivity contribution in [2.24, 2.45) is 5.73 Å². The second kappa shape index (κ2) is 4.91. The normalized spacial score (nSPS) is 16.0. The molecular formula is C11H17N5S. The molecule has 0 radical (unpaired) electrons. The lowest BCUT2D eigenvalue weighted by Crippen LogP contribution is -2.35. The highest BCUT2D eigenvalue weighted by Gasteiger charge is 2.20. The number of nitrogens with zero attached hydrogens (tertiary/aromatic N) is 3. The van der Waals surface area contributed by atoms with E-state index >= 15 is 0 Å². The second-order valence-electron chi connectivity index (χ2n) is 4.12. The van der Waals surface area contributed by atoms with Crippen molar-refractivity contribution in [3.05, 3.63) is 16.8 Å². The summed E-state index contributed by atoms with van der Waals surface area (Å²) in [5, 5.41) is 16.1. The molecule has 0 bridgehead atoms. The lowest BCUT2D eigenvalue weighted by Gasteiger charge is -2.29. The van der Waals surface area contributed by atoms with Crippen molar-refractivity contribution in [2.45, 2.75) is 13.8 Å². The number of thioether (sulfide) groups is 1. The summed E-state index contributed by atoms with van der Waals surface area (Å²) in [4.78, 5) is 2.17. The molecule has 2 heterocycles. The van der Waals surface area contributed by atoms with E-state index < -0.39 is 0 Å². The summed E-state index contributed by atoms with van der Waals surface area (Å²) in [5.74, 6) is 3.02. The standard InChI is InChI=1S/C11H17N5S/c1-7-8(2)14-15-11(9(7)10(12)13)16-3-5-17-6-4-16/h3-6H2,1-2H3,(H3,12,13). The van der Waals surface area contributed by atoms with Crippen LogP contribution in [0.2, 0.25) is 0 Å². The topological polar surface area (TPSA) is 78.9 Å². The first-order valence-corrected chi connectivity index (χ1v) is 6.77. The van der Waals surface area contributed by atoms with Crippen molar-refractivity contribution in [1.82, 2.24) is 10.2 Å². The molecule has 5 nitrogen and oxygen atoms in total. The first-order valence-electron chi connectivity index (χ1n) is 5.62. The van der Waals surface area contributed by atoms with Crippen LogP contribution in [-0.2, 0) is 0 Å². The van der Waals surface area contributed by atoms with Gasteiger partial charge in [0.25, 0.3) is 0 Å². The van der Waals surface area contributed by atoms with Gasteiger partial charge in [-0.15, -0.1) is 5.10 Å². The quantitative estimate of drug-likeness (QED) is 0.604. The number of aromatic nitrogens is 2. The molecular weight excluding hydrogens is 234 g/mol. The van der Waals surface area contributed by atoms with Crippen LogP contribution in [0, 0.1) is 19.3 Å². The first-order chi connectivity index (χ1) is 8.11. The number of nitrogen functional groups attached to an aromatic ring is 1. The van der Waals surface area contributed by atoms with E-state index in [9.17, 15) is 0 Å². The van der Waals surface area contributed by atoms with E-state index in [1.54, 1.807) is 0 Å². The van der Waals surface area contributed by atoms with E-state index in [0.29, 0.717) is 0 Å². The zero-order valence-corrected chi connectivity index (χ0v) is 11.0. The maximum absolute atomic E-state index is 7.71. The molecule has 1 fully saturated rings. The molecule has 0 atom stereocenters. The Morgan fingerprint density at radius 2 is 1.94 bits per heavy atom. The van der Waals surface area contributed by atoms with Crippen LogP contribution in [-0.4, -0.2) is 40.6 Å². The zero-order valence-electron chi connectivity index (χ0n) is 10.2. The van der Waals surface area contributed by atoms with E-state index in [4.69, 9.17) is 11.1 Å². The highest BCUT2D eigenvalue weighted by molar-refractivity contribution is 7.99. The van der Waals surface area contributed by atoms with Crippen LogP contribution in [0.15, 0.2) is 0 Å². The summed E-state index contributed by atoms with van der Waals surface area (Å²) in [6, 6.07) is 0. The molecule has 0 unspecified atom stereocenters. The molecule has 17 heavy (non-hydrogen) atoms. The average molecular weight is 251 g/mol. The smallest absolute Gasteiger partial charge is 0.162 e. The zero-order chi connectivity index (χ0) is 12.4. The number of rotatable bonds is 2. The molecule has 0 spiro atoms. The van der Waals surface area contributed by atoms with Gasteiger partial charge in [-0.2, -0.15) is 16.9 Å². The first kappa shape index (κ1) is 12.2. The minimum atomic E-state index is 0.0775. The fraction of sp³-hybridized carbons (Fsp3) is 0.545. The molecule has 6 heteroatoms. The second-order valence-corrected chi connectivity index (χ2v) is 5.35. The van der Waals surface area contributed by atoms with Crippen molar-refractivity contribution >= 4 is 23.4 Å². The van der Waals surface area contributed by atoms with Crippen molar-refractivity contribution < 1.29 is 0 Å². The Hall–Kier alpha value is -1.30. The summed E-state index contributed by atoms with van der Waals surface area (Å²) in [6.07, 6.45) is 0. The van der Waals surface area contributed by atoms with Crippen LogP contribution in [0.4, 0.5) is 5.82 Å². The van der Waals surface area contributed by atoms with Crippen LogP contribution in [0.25, 0.3) is 0 Å². The van der Waals surface area contributed by atoms with Gasteiger partial charge in [0.1, 0.15) is 5.84 Å². The van der Waals surface area contributed by atoms with Gasteiger partial charge in [0.2, 0.25) is 0 Å². The predicted molar refractivity (Wildman–Crippen MR) is 72.1 cm³/mol. The van der Waals surface area contributed by atoms with Crippen molar-refractivity contribution in [3.8, 4) is 0 Å². The third-order valence-corrected chi connectivity index (χ3v) is 3.96. The van der Waals surface area contributed by atoms with E-state index in [0.717, 1.165) is 47.2 Å². The molecule has 3 N–H and O–H groups in total. The lowest BCUT2D eigenvalue weighted by atomic mass is 10.1. The molecule has 1 aromatic heterocycles. The fourth-order valence-corrected chi connectivity index (χ4v) is 2.82. The number of aryl methyl sites for hydroxylation is 1. The average Bonchev–Trinajstić information content (AvgIpc) is 2.33. The number of amidine groups is 1. The van der Waals surface area contributed by atoms with Crippen LogP contribution >= 0.6 is 11.8 Å². The Morgan fingerprint density at radius 3 is 2.53 bits per heavy atom. The van der Waals surface area contributed by atoms with Crippen LogP contribution in [0.5, 0.6) is 0 Å². The Morgan fingerprint density at radius 1 is 1.29 bits per heavy atom. The SMILES string of the molecule is Cc1nnc(N2CCSCC2)c(C(=N)N)c1C. The van der Waals surface area contributed by atoms with E-state index in [1.807, 2.05) is 25.6 Å². The van der Waals surface area contributed by atoms with Gasteiger partial charge in [-0.3, -0.25) is 5.41 Å². The number of nitrogens with two attached hydrogens (primary N) is 1. The predicted octanol–water partition coefficient (Wildman–Crippen LogP) is 0.931. The fourth-order valence-electron chi connectivity index (χ4n) is 1.91. The van der Waals surface area contributed by atoms with Crippen molar-refractivity contribution in [2.75, 3.05) is 29.5 Å². The van der Waals surface area contributed by atoms with Gasteiger partial charge in [0.15, 0.2) is 5.82 Å². The van der Waals surface area contributed by atoms with Gasteiger partial charge < -0.3 is 10.6 Å². The molecule has 92 valence electrons. The van der Waals surface area contributed by atoms with Gasteiger partial charge in [-0.1, -0.05) is 0 Å². The number of anilines is 1. The van der Waals surface area contributed by atoms with E-state index in [-0.39, 0.29) is 5.84 Å². The molecule has 1 aliphatic rings. The number of hydrogen-bond acceptors (Lipinski definition) is 5. The molecule has 1 aliphatic heterocycles. The van der Waals surface area contributed by atoms with Crippen LogP contribution in [0.1, 0.15) is 16.8 Å². The van der Waals surface area contributed by atoms with Gasteiger partial charge in [-0.05, 0) is 19.4 Å². The van der Waals surface area contributed by atoms with E-state index in [2.05, 4.69) is 15.1 Å². The summed E-state index contributed by atoms with van der Waals surface area (Å²) >= 11 is 1.94. The number of hydrogen-bond donors (Lipinski definition) is 2. The Labute approximate surface area is 105 Å². The highest BCUT2D eigenvalue weighted by Crippen LogP contribution is 2.24. The molecule has 0 amide bonds. The van der Waals surface area contributed by atoms with Gasteiger partial charge in [0.05, 0.1) is 11.3 Å².